The summed E-state index contributed by atoms with van der Waals surface area (Å²) in [6.45, 7) is 4.52. The van der Waals surface area contributed by atoms with Gasteiger partial charge < -0.3 is 9.64 Å². The molecule has 1 aromatic heterocycles. The molecule has 26 heavy (non-hydrogen) atoms. The third-order valence-corrected chi connectivity index (χ3v) is 5.90. The maximum Gasteiger partial charge on any atom is 0.257 e. The molecule has 5 nitrogen and oxygen atoms in total. The minimum absolute atomic E-state index is 0.258. The van der Waals surface area contributed by atoms with Crippen LogP contribution in [0.2, 0.25) is 0 Å². The third kappa shape index (κ3) is 3.63. The van der Waals surface area contributed by atoms with Gasteiger partial charge in [0.1, 0.15) is 11.1 Å². The van der Waals surface area contributed by atoms with E-state index in [4.69, 9.17) is 17.0 Å². The normalized spacial score (nSPS) is 14.8. The molecule has 0 fully saturated rings. The number of thiophene rings is 1. The lowest BCUT2D eigenvalue weighted by molar-refractivity contribution is -0.0383. The van der Waals surface area contributed by atoms with E-state index in [0.29, 0.717) is 24.2 Å². The summed E-state index contributed by atoms with van der Waals surface area (Å²) < 4.78 is 5.85. The van der Waals surface area contributed by atoms with Crippen LogP contribution < -0.4 is 10.2 Å². The Kier molecular flexibility index (Phi) is 5.10. The van der Waals surface area contributed by atoms with Crippen molar-refractivity contribution >= 4 is 39.6 Å². The highest BCUT2D eigenvalue weighted by atomic mass is 32.1. The smallest absolute Gasteiger partial charge is 0.257 e. The molecule has 0 radical (unpaired) electrons. The molecule has 2 heterocycles. The average molecular weight is 386 g/mol. The number of hydrogen-bond donors (Lipinski definition) is 1. The molecular formula is C19H19N3O2S2. The Hall–Kier alpha value is -2.27. The predicted molar refractivity (Wildman–Crippen MR) is 107 cm³/mol. The molecule has 0 aliphatic carbocycles. The molecule has 134 valence electrons. The second-order valence-electron chi connectivity index (χ2n) is 6.71. The van der Waals surface area contributed by atoms with E-state index in [9.17, 15) is 10.1 Å². The molecule has 0 spiro atoms. The van der Waals surface area contributed by atoms with Gasteiger partial charge in [-0.2, -0.15) is 5.26 Å². The summed E-state index contributed by atoms with van der Waals surface area (Å²) in [5.74, 6) is -0.272. The molecule has 1 N–H and O–H groups in total. The Morgan fingerprint density at radius 2 is 2.08 bits per heavy atom. The van der Waals surface area contributed by atoms with Gasteiger partial charge in [-0.05, 0) is 43.8 Å². The molecule has 2 aromatic rings. The molecule has 1 aliphatic rings. The monoisotopic (exact) mass is 385 g/mol. The number of rotatable bonds is 2. The summed E-state index contributed by atoms with van der Waals surface area (Å²) in [5, 5.41) is 13.4. The van der Waals surface area contributed by atoms with Gasteiger partial charge in [0, 0.05) is 23.9 Å². The summed E-state index contributed by atoms with van der Waals surface area (Å²) in [5.41, 5.74) is 1.87. The van der Waals surface area contributed by atoms with Crippen molar-refractivity contribution in [1.82, 2.24) is 5.32 Å². The summed E-state index contributed by atoms with van der Waals surface area (Å²) in [6.07, 6.45) is 0.679. The van der Waals surface area contributed by atoms with Gasteiger partial charge in [0.25, 0.3) is 5.91 Å². The number of thiocarbonyl (C=S) groups is 1. The van der Waals surface area contributed by atoms with Crippen LogP contribution in [0.3, 0.4) is 0 Å². The van der Waals surface area contributed by atoms with Gasteiger partial charge in [0.15, 0.2) is 5.11 Å². The van der Waals surface area contributed by atoms with Crippen LogP contribution in [0, 0.1) is 11.3 Å². The van der Waals surface area contributed by atoms with Crippen LogP contribution in [0.4, 0.5) is 5.00 Å². The van der Waals surface area contributed by atoms with Crippen molar-refractivity contribution in [2.45, 2.75) is 32.5 Å². The quantitative estimate of drug-likeness (QED) is 0.800. The van der Waals surface area contributed by atoms with Gasteiger partial charge in [-0.3, -0.25) is 10.1 Å². The van der Waals surface area contributed by atoms with Crippen LogP contribution in [0.15, 0.2) is 30.3 Å². The molecular weight excluding hydrogens is 366 g/mol. The van der Waals surface area contributed by atoms with Crippen molar-refractivity contribution in [1.29, 1.82) is 5.26 Å². The standard InChI is InChI=1S/C19H19N3O2S2/c1-19(2)9-13-14(10-20)17(26-15(13)11-24-19)22(3)18(25)21-16(23)12-7-5-4-6-8-12/h4-8H,9,11H2,1-3H3,(H,21,23,25). The Morgan fingerprint density at radius 1 is 1.38 bits per heavy atom. The van der Waals surface area contributed by atoms with E-state index >= 15 is 0 Å². The fraction of sp³-hybridized carbons (Fsp3) is 0.316. The molecule has 0 saturated heterocycles. The predicted octanol–water partition coefficient (Wildman–Crippen LogP) is 3.62. The second-order valence-corrected chi connectivity index (χ2v) is 8.18. The third-order valence-electron chi connectivity index (χ3n) is 4.25. The van der Waals surface area contributed by atoms with Gasteiger partial charge in [0.2, 0.25) is 0 Å². The number of hydrogen-bond acceptors (Lipinski definition) is 5. The Morgan fingerprint density at radius 3 is 2.73 bits per heavy atom. The van der Waals surface area contributed by atoms with E-state index in [1.165, 1.54) is 11.3 Å². The number of ether oxygens (including phenoxy) is 1. The molecule has 3 rings (SSSR count). The minimum Gasteiger partial charge on any atom is -0.370 e. The van der Waals surface area contributed by atoms with Gasteiger partial charge >= 0.3 is 0 Å². The summed E-state index contributed by atoms with van der Waals surface area (Å²) in [4.78, 5) is 15.0. The number of amides is 1. The van der Waals surface area contributed by atoms with Crippen LogP contribution in [0.1, 0.15) is 40.2 Å². The number of nitriles is 1. The van der Waals surface area contributed by atoms with Crippen LogP contribution in [0.5, 0.6) is 0 Å². The van der Waals surface area contributed by atoms with E-state index in [2.05, 4.69) is 11.4 Å². The van der Waals surface area contributed by atoms with Crippen LogP contribution in [-0.2, 0) is 17.8 Å². The first-order valence-electron chi connectivity index (χ1n) is 8.15. The first-order valence-corrected chi connectivity index (χ1v) is 9.37. The number of nitrogens with zero attached hydrogens (tertiary/aromatic N) is 2. The van der Waals surface area contributed by atoms with E-state index in [-0.39, 0.29) is 16.6 Å². The lowest BCUT2D eigenvalue weighted by Crippen LogP contribution is -2.40. The summed E-state index contributed by atoms with van der Waals surface area (Å²) in [7, 11) is 1.76. The van der Waals surface area contributed by atoms with Crippen molar-refractivity contribution in [3.63, 3.8) is 0 Å². The van der Waals surface area contributed by atoms with Gasteiger partial charge in [-0.25, -0.2) is 0 Å². The Labute approximate surface area is 162 Å². The average Bonchev–Trinajstić information content (AvgIpc) is 2.98. The zero-order chi connectivity index (χ0) is 18.9. The fourth-order valence-corrected chi connectivity index (χ4v) is 4.21. The molecule has 1 aromatic carbocycles. The van der Waals surface area contributed by atoms with E-state index in [1.54, 1.807) is 36.2 Å². The van der Waals surface area contributed by atoms with Gasteiger partial charge in [-0.15, -0.1) is 11.3 Å². The lowest BCUT2D eigenvalue weighted by Gasteiger charge is -2.30. The molecule has 0 atom stereocenters. The first kappa shape index (κ1) is 18.5. The number of fused-ring (bicyclic) bond motifs is 1. The first-order chi connectivity index (χ1) is 12.3. The maximum absolute atomic E-state index is 12.3. The number of carbonyl (C=O) groups is 1. The highest BCUT2D eigenvalue weighted by molar-refractivity contribution is 7.80. The van der Waals surface area contributed by atoms with E-state index in [0.717, 1.165) is 15.4 Å². The van der Waals surface area contributed by atoms with Crippen molar-refractivity contribution in [3.05, 3.63) is 51.9 Å². The molecule has 1 aliphatic heterocycles. The zero-order valence-corrected chi connectivity index (χ0v) is 16.5. The van der Waals surface area contributed by atoms with Crippen LogP contribution in [0.25, 0.3) is 0 Å². The zero-order valence-electron chi connectivity index (χ0n) is 14.8. The summed E-state index contributed by atoms with van der Waals surface area (Å²) >= 11 is 6.87. The topological polar surface area (TPSA) is 65.4 Å². The largest absolute Gasteiger partial charge is 0.370 e. The number of nitrogens with one attached hydrogen (secondary N) is 1. The molecule has 0 unspecified atom stereocenters. The highest BCUT2D eigenvalue weighted by Crippen LogP contribution is 2.41. The molecule has 7 heteroatoms. The van der Waals surface area contributed by atoms with E-state index in [1.807, 2.05) is 19.9 Å². The maximum atomic E-state index is 12.3. The number of anilines is 1. The Balaban J connectivity index is 1.83. The Bertz CT molecular complexity index is 897. The highest BCUT2D eigenvalue weighted by Gasteiger charge is 2.32. The lowest BCUT2D eigenvalue weighted by atomic mass is 9.93. The fourth-order valence-electron chi connectivity index (χ4n) is 2.83. The van der Waals surface area contributed by atoms with Crippen molar-refractivity contribution < 1.29 is 9.53 Å². The molecule has 0 saturated carbocycles. The van der Waals surface area contributed by atoms with Gasteiger partial charge in [0.05, 0.1) is 17.8 Å². The van der Waals surface area contributed by atoms with Crippen LogP contribution >= 0.6 is 23.6 Å². The van der Waals surface area contributed by atoms with Crippen molar-refractivity contribution in [2.24, 2.45) is 0 Å². The summed E-state index contributed by atoms with van der Waals surface area (Å²) in [6, 6.07) is 11.2. The minimum atomic E-state index is -0.294. The van der Waals surface area contributed by atoms with Crippen molar-refractivity contribution in [2.75, 3.05) is 11.9 Å². The van der Waals surface area contributed by atoms with Gasteiger partial charge in [-0.1, -0.05) is 18.2 Å². The molecule has 1 amide bonds. The van der Waals surface area contributed by atoms with Crippen molar-refractivity contribution in [3.8, 4) is 6.07 Å². The SMILES string of the molecule is CN(C(=S)NC(=O)c1ccccc1)c1sc2c(c1C#N)CC(C)(C)OC2. The second kappa shape index (κ2) is 7.16. The number of carbonyl (C=O) groups excluding carboxylic acids is 1. The van der Waals surface area contributed by atoms with Crippen LogP contribution in [-0.4, -0.2) is 23.7 Å². The van der Waals surface area contributed by atoms with E-state index < -0.39 is 0 Å². The molecule has 0 bridgehead atoms. The number of benzene rings is 1.